The highest BCUT2D eigenvalue weighted by Gasteiger charge is 2.31. The minimum Gasteiger partial charge on any atom is -0.507 e. The largest absolute Gasteiger partial charge is 0.507 e. The first-order valence-electron chi connectivity index (χ1n) is 7.10. The molecule has 0 saturated heterocycles. The van der Waals surface area contributed by atoms with E-state index in [1.54, 1.807) is 12.1 Å². The molecule has 2 N–H and O–H groups in total. The van der Waals surface area contributed by atoms with Crippen LogP contribution in [0.5, 0.6) is 11.5 Å². The lowest BCUT2D eigenvalue weighted by molar-refractivity contribution is 0.304. The van der Waals surface area contributed by atoms with E-state index in [2.05, 4.69) is 26.8 Å². The second kappa shape index (κ2) is 5.28. The van der Waals surface area contributed by atoms with Crippen LogP contribution < -0.4 is 0 Å². The third-order valence-corrected chi connectivity index (χ3v) is 4.27. The Hall–Kier alpha value is -1.44. The van der Waals surface area contributed by atoms with Crippen LogP contribution in [0.2, 0.25) is 0 Å². The molecule has 2 nitrogen and oxygen atoms in total. The van der Waals surface area contributed by atoms with E-state index in [0.29, 0.717) is 17.4 Å². The molecule has 0 unspecified atom stereocenters. The molecule has 2 atom stereocenters. The molecule has 2 rings (SSSR count). The van der Waals surface area contributed by atoms with Crippen LogP contribution in [-0.2, 0) is 0 Å². The van der Waals surface area contributed by atoms with E-state index in [0.717, 1.165) is 18.4 Å². The van der Waals surface area contributed by atoms with Crippen molar-refractivity contribution in [1.82, 2.24) is 0 Å². The highest BCUT2D eigenvalue weighted by atomic mass is 16.3. The summed E-state index contributed by atoms with van der Waals surface area (Å²) in [5, 5.41) is 20.4. The lowest BCUT2D eigenvalue weighted by Crippen LogP contribution is -2.21. The Bertz CT molecular complexity index is 477. The quantitative estimate of drug-likeness (QED) is 0.768. The summed E-state index contributed by atoms with van der Waals surface area (Å²) in [4.78, 5) is 0. The molecule has 0 saturated carbocycles. The van der Waals surface area contributed by atoms with Gasteiger partial charge in [0.1, 0.15) is 11.5 Å². The fourth-order valence-electron chi connectivity index (χ4n) is 3.23. The summed E-state index contributed by atoms with van der Waals surface area (Å²) < 4.78 is 0. The fourth-order valence-corrected chi connectivity index (χ4v) is 3.23. The Balaban J connectivity index is 2.51. The van der Waals surface area contributed by atoms with Crippen molar-refractivity contribution in [2.75, 3.05) is 0 Å². The number of rotatable bonds is 2. The van der Waals surface area contributed by atoms with Gasteiger partial charge in [-0.25, -0.2) is 0 Å². The molecular formula is C17H24O2. The van der Waals surface area contributed by atoms with Crippen molar-refractivity contribution in [2.45, 2.75) is 46.5 Å². The second-order valence-electron chi connectivity index (χ2n) is 6.20. The first-order valence-corrected chi connectivity index (χ1v) is 7.10. The molecule has 1 aromatic rings. The number of hydrogen-bond donors (Lipinski definition) is 2. The molecule has 0 heterocycles. The third-order valence-electron chi connectivity index (χ3n) is 4.27. The number of aryl methyl sites for hydroxylation is 1. The van der Waals surface area contributed by atoms with E-state index in [9.17, 15) is 10.2 Å². The molecule has 0 radical (unpaired) electrons. The Morgan fingerprint density at radius 3 is 2.21 bits per heavy atom. The van der Waals surface area contributed by atoms with Gasteiger partial charge in [0.2, 0.25) is 0 Å². The smallest absolute Gasteiger partial charge is 0.123 e. The molecule has 0 spiro atoms. The van der Waals surface area contributed by atoms with Crippen LogP contribution >= 0.6 is 0 Å². The van der Waals surface area contributed by atoms with Gasteiger partial charge in [0.05, 0.1) is 0 Å². The van der Waals surface area contributed by atoms with Crippen molar-refractivity contribution in [3.63, 3.8) is 0 Å². The van der Waals surface area contributed by atoms with Crippen molar-refractivity contribution in [2.24, 2.45) is 11.8 Å². The molecule has 0 aliphatic heterocycles. The molecule has 1 aromatic carbocycles. The van der Waals surface area contributed by atoms with E-state index < -0.39 is 0 Å². The zero-order chi connectivity index (χ0) is 14.2. The Morgan fingerprint density at radius 1 is 1.11 bits per heavy atom. The molecule has 0 amide bonds. The minimum atomic E-state index is 0.120. The summed E-state index contributed by atoms with van der Waals surface area (Å²) in [6.07, 6.45) is 4.46. The average Bonchev–Trinajstić information content (AvgIpc) is 2.27. The van der Waals surface area contributed by atoms with Gasteiger partial charge in [0.15, 0.2) is 0 Å². The van der Waals surface area contributed by atoms with Gasteiger partial charge in [0, 0.05) is 11.5 Å². The highest BCUT2D eigenvalue weighted by Crippen LogP contribution is 2.46. The lowest BCUT2D eigenvalue weighted by Gasteiger charge is -2.33. The molecule has 19 heavy (non-hydrogen) atoms. The molecule has 1 aliphatic rings. The van der Waals surface area contributed by atoms with Crippen molar-refractivity contribution in [3.05, 3.63) is 34.9 Å². The summed E-state index contributed by atoms with van der Waals surface area (Å²) in [5.41, 5.74) is 2.93. The molecule has 2 heteroatoms. The van der Waals surface area contributed by atoms with Gasteiger partial charge < -0.3 is 10.2 Å². The molecule has 0 bridgehead atoms. The summed E-state index contributed by atoms with van der Waals surface area (Å²) in [6, 6.07) is 3.48. The number of hydrogen-bond acceptors (Lipinski definition) is 2. The Morgan fingerprint density at radius 2 is 1.68 bits per heavy atom. The summed E-state index contributed by atoms with van der Waals surface area (Å²) in [5.74, 6) is 1.57. The van der Waals surface area contributed by atoms with Crippen LogP contribution in [0, 0.1) is 18.8 Å². The molecule has 104 valence electrons. The van der Waals surface area contributed by atoms with Crippen LogP contribution in [0.1, 0.15) is 50.7 Å². The maximum atomic E-state index is 10.2. The fraction of sp³-hybridized carbons (Fsp3) is 0.529. The van der Waals surface area contributed by atoms with Gasteiger partial charge in [-0.15, -0.1) is 0 Å². The first-order chi connectivity index (χ1) is 8.90. The van der Waals surface area contributed by atoms with E-state index in [1.165, 1.54) is 5.57 Å². The van der Waals surface area contributed by atoms with Gasteiger partial charge in [-0.3, -0.25) is 0 Å². The van der Waals surface area contributed by atoms with Crippen molar-refractivity contribution in [3.8, 4) is 11.5 Å². The molecular weight excluding hydrogens is 236 g/mol. The number of benzene rings is 1. The van der Waals surface area contributed by atoms with E-state index in [1.807, 2.05) is 6.92 Å². The molecule has 0 fully saturated rings. The van der Waals surface area contributed by atoms with Crippen molar-refractivity contribution in [1.29, 1.82) is 0 Å². The number of aromatic hydroxyl groups is 2. The predicted octanol–water partition coefficient (Wildman–Crippen LogP) is 4.50. The van der Waals surface area contributed by atoms with Gasteiger partial charge in [-0.1, -0.05) is 25.5 Å². The zero-order valence-electron chi connectivity index (χ0n) is 12.3. The van der Waals surface area contributed by atoms with Crippen LogP contribution in [0.15, 0.2) is 23.8 Å². The van der Waals surface area contributed by atoms with E-state index in [4.69, 9.17) is 0 Å². The van der Waals surface area contributed by atoms with Gasteiger partial charge in [0.25, 0.3) is 0 Å². The second-order valence-corrected chi connectivity index (χ2v) is 6.20. The summed E-state index contributed by atoms with van der Waals surface area (Å²) >= 11 is 0. The van der Waals surface area contributed by atoms with Gasteiger partial charge in [-0.2, -0.15) is 0 Å². The zero-order valence-corrected chi connectivity index (χ0v) is 12.3. The van der Waals surface area contributed by atoms with Crippen LogP contribution in [-0.4, -0.2) is 10.2 Å². The van der Waals surface area contributed by atoms with Crippen LogP contribution in [0.4, 0.5) is 0 Å². The van der Waals surface area contributed by atoms with E-state index >= 15 is 0 Å². The number of allylic oxidation sites excluding steroid dienone is 2. The van der Waals surface area contributed by atoms with Crippen molar-refractivity contribution < 1.29 is 10.2 Å². The predicted molar refractivity (Wildman–Crippen MR) is 78.6 cm³/mol. The van der Waals surface area contributed by atoms with Gasteiger partial charge >= 0.3 is 0 Å². The number of phenolic OH excluding ortho intramolecular Hbond substituents is 2. The third kappa shape index (κ3) is 2.78. The Labute approximate surface area is 115 Å². The monoisotopic (exact) mass is 260 g/mol. The van der Waals surface area contributed by atoms with Crippen LogP contribution in [0.25, 0.3) is 0 Å². The SMILES string of the molecule is CC1=C[C@H](c2c(O)cc(C)cc2O)[C@H](C(C)C)CC1. The van der Waals surface area contributed by atoms with E-state index in [-0.39, 0.29) is 17.4 Å². The number of phenols is 2. The van der Waals surface area contributed by atoms with Gasteiger partial charge in [-0.05, 0) is 56.2 Å². The summed E-state index contributed by atoms with van der Waals surface area (Å²) in [6.45, 7) is 8.44. The molecule has 0 aromatic heterocycles. The van der Waals surface area contributed by atoms with Crippen molar-refractivity contribution >= 4 is 0 Å². The highest BCUT2D eigenvalue weighted by molar-refractivity contribution is 5.50. The lowest BCUT2D eigenvalue weighted by atomic mass is 9.71. The summed E-state index contributed by atoms with van der Waals surface area (Å²) in [7, 11) is 0. The molecule has 1 aliphatic carbocycles. The maximum absolute atomic E-state index is 10.2. The Kier molecular flexibility index (Phi) is 3.88. The minimum absolute atomic E-state index is 0.120. The van der Waals surface area contributed by atoms with Crippen LogP contribution in [0.3, 0.4) is 0 Å². The first kappa shape index (κ1) is 14.0. The maximum Gasteiger partial charge on any atom is 0.123 e. The standard InChI is InChI=1S/C17H24O2/c1-10(2)13-6-5-11(3)7-14(13)17-15(18)8-12(4)9-16(17)19/h7-10,13-14,18-19H,5-6H2,1-4H3/t13-,14-/m0/s1. The topological polar surface area (TPSA) is 40.5 Å². The average molecular weight is 260 g/mol. The normalized spacial score (nSPS) is 23.5.